The van der Waals surface area contributed by atoms with Crippen molar-refractivity contribution < 1.29 is 8.42 Å². The van der Waals surface area contributed by atoms with Crippen molar-refractivity contribution in [2.24, 2.45) is 5.73 Å². The van der Waals surface area contributed by atoms with Crippen molar-refractivity contribution in [1.29, 1.82) is 0 Å². The van der Waals surface area contributed by atoms with Crippen LogP contribution in [-0.4, -0.2) is 21.5 Å². The first-order valence-electron chi connectivity index (χ1n) is 8.99. The Hall–Kier alpha value is -0.910. The summed E-state index contributed by atoms with van der Waals surface area (Å²) in [7, 11) is -3.53. The lowest BCUT2D eigenvalue weighted by molar-refractivity contribution is 0.572. The van der Waals surface area contributed by atoms with Gasteiger partial charge in [0.1, 0.15) is 0 Å². The molecule has 1 aromatic carbocycles. The van der Waals surface area contributed by atoms with Crippen LogP contribution in [0.3, 0.4) is 0 Å². The van der Waals surface area contributed by atoms with Crippen molar-refractivity contribution in [2.75, 3.05) is 13.1 Å². The smallest absolute Gasteiger partial charge is 0.241 e. The van der Waals surface area contributed by atoms with E-state index in [9.17, 15) is 8.42 Å². The number of nitrogens with two attached hydrogens (primary N) is 1. The molecular formula is C19H34N2O2S. The predicted octanol–water partition coefficient (Wildman–Crippen LogP) is 4.07. The van der Waals surface area contributed by atoms with Gasteiger partial charge >= 0.3 is 0 Å². The molecule has 0 bridgehead atoms. The van der Waals surface area contributed by atoms with Gasteiger partial charge in [-0.3, -0.25) is 0 Å². The van der Waals surface area contributed by atoms with Crippen molar-refractivity contribution in [3.63, 3.8) is 0 Å². The zero-order valence-electron chi connectivity index (χ0n) is 16.0. The van der Waals surface area contributed by atoms with Crippen LogP contribution in [0.4, 0.5) is 0 Å². The fraction of sp³-hybridized carbons (Fsp3) is 0.684. The Bertz CT molecular complexity index is 606. The number of hydrogen-bond acceptors (Lipinski definition) is 3. The largest absolute Gasteiger partial charge is 0.330 e. The van der Waals surface area contributed by atoms with Crippen LogP contribution in [0.2, 0.25) is 0 Å². The van der Waals surface area contributed by atoms with Crippen LogP contribution < -0.4 is 10.5 Å². The predicted molar refractivity (Wildman–Crippen MR) is 102 cm³/mol. The van der Waals surface area contributed by atoms with E-state index in [0.717, 1.165) is 24.0 Å². The lowest BCUT2D eigenvalue weighted by atomic mass is 9.89. The molecule has 1 rings (SSSR count). The number of benzene rings is 1. The molecule has 0 amide bonds. The van der Waals surface area contributed by atoms with Gasteiger partial charge in [-0.05, 0) is 53.8 Å². The molecular weight excluding hydrogens is 320 g/mol. The Morgan fingerprint density at radius 2 is 1.42 bits per heavy atom. The van der Waals surface area contributed by atoms with Crippen LogP contribution >= 0.6 is 0 Å². The summed E-state index contributed by atoms with van der Waals surface area (Å²) >= 11 is 0. The molecule has 0 atom stereocenters. The molecule has 5 heteroatoms. The van der Waals surface area contributed by atoms with E-state index in [-0.39, 0.29) is 11.8 Å². The third-order valence-corrected chi connectivity index (χ3v) is 5.86. The molecule has 4 nitrogen and oxygen atoms in total. The van der Waals surface area contributed by atoms with E-state index in [0.29, 0.717) is 23.9 Å². The summed E-state index contributed by atoms with van der Waals surface area (Å²) in [6, 6.07) is 4.13. The van der Waals surface area contributed by atoms with Crippen LogP contribution in [0.1, 0.15) is 88.8 Å². The van der Waals surface area contributed by atoms with Crippen molar-refractivity contribution in [3.8, 4) is 0 Å². The summed E-state index contributed by atoms with van der Waals surface area (Å²) in [5.74, 6) is 0.669. The van der Waals surface area contributed by atoms with Crippen LogP contribution in [0, 0.1) is 0 Å². The summed E-state index contributed by atoms with van der Waals surface area (Å²) in [6.07, 6.45) is 1.58. The van der Waals surface area contributed by atoms with E-state index in [1.807, 2.05) is 0 Å². The Morgan fingerprint density at radius 3 is 1.79 bits per heavy atom. The first kappa shape index (κ1) is 21.1. The molecule has 0 aliphatic carbocycles. The molecule has 0 unspecified atom stereocenters. The standard InChI is InChI=1S/C19H34N2O2S/c1-13(2)16-11-17(14(3)4)19(18(12-16)15(5)6)24(22,23)21-10-8-7-9-20/h11-15,21H,7-10,20H2,1-6H3. The van der Waals surface area contributed by atoms with Gasteiger partial charge in [-0.15, -0.1) is 0 Å². The highest BCUT2D eigenvalue weighted by Gasteiger charge is 2.26. The third-order valence-electron chi connectivity index (χ3n) is 4.27. The summed E-state index contributed by atoms with van der Waals surface area (Å²) in [5, 5.41) is 0. The highest BCUT2D eigenvalue weighted by atomic mass is 32.2. The maximum atomic E-state index is 13.0. The van der Waals surface area contributed by atoms with Gasteiger partial charge < -0.3 is 5.73 Å². The fourth-order valence-corrected chi connectivity index (χ4v) is 4.52. The molecule has 0 aliphatic heterocycles. The van der Waals surface area contributed by atoms with Crippen LogP contribution in [-0.2, 0) is 10.0 Å². The normalized spacial score (nSPS) is 12.6. The summed E-state index contributed by atoms with van der Waals surface area (Å²) in [5.41, 5.74) is 8.51. The first-order chi connectivity index (χ1) is 11.1. The van der Waals surface area contributed by atoms with Crippen molar-refractivity contribution in [3.05, 3.63) is 28.8 Å². The van der Waals surface area contributed by atoms with E-state index < -0.39 is 10.0 Å². The molecule has 24 heavy (non-hydrogen) atoms. The van der Waals surface area contributed by atoms with Crippen molar-refractivity contribution >= 4 is 10.0 Å². The maximum absolute atomic E-state index is 13.0. The van der Waals surface area contributed by atoms with Gasteiger partial charge in [-0.25, -0.2) is 13.1 Å². The fourth-order valence-electron chi connectivity index (χ4n) is 2.75. The lowest BCUT2D eigenvalue weighted by Gasteiger charge is -2.23. The molecule has 0 aliphatic rings. The molecule has 1 aromatic rings. The average Bonchev–Trinajstić information content (AvgIpc) is 2.50. The second-order valence-electron chi connectivity index (χ2n) is 7.39. The van der Waals surface area contributed by atoms with Gasteiger partial charge in [0.25, 0.3) is 0 Å². The number of nitrogens with one attached hydrogen (secondary N) is 1. The van der Waals surface area contributed by atoms with Gasteiger partial charge in [-0.2, -0.15) is 0 Å². The Morgan fingerprint density at radius 1 is 0.917 bits per heavy atom. The van der Waals surface area contributed by atoms with Gasteiger partial charge in [-0.1, -0.05) is 53.7 Å². The molecule has 0 aromatic heterocycles. The minimum absolute atomic E-state index is 0.150. The van der Waals surface area contributed by atoms with E-state index >= 15 is 0 Å². The van der Waals surface area contributed by atoms with Gasteiger partial charge in [0, 0.05) is 6.54 Å². The molecule has 0 radical (unpaired) electrons. The second-order valence-corrected chi connectivity index (χ2v) is 9.09. The van der Waals surface area contributed by atoms with E-state index in [4.69, 9.17) is 5.73 Å². The van der Waals surface area contributed by atoms with E-state index in [1.54, 1.807) is 0 Å². The summed E-state index contributed by atoms with van der Waals surface area (Å²) in [6.45, 7) is 13.5. The van der Waals surface area contributed by atoms with Crippen LogP contribution in [0.15, 0.2) is 17.0 Å². The quantitative estimate of drug-likeness (QED) is 0.657. The highest BCUT2D eigenvalue weighted by Crippen LogP contribution is 2.34. The highest BCUT2D eigenvalue weighted by molar-refractivity contribution is 7.89. The average molecular weight is 355 g/mol. The topological polar surface area (TPSA) is 72.2 Å². The molecule has 0 fully saturated rings. The third kappa shape index (κ3) is 5.30. The Labute approximate surface area is 148 Å². The van der Waals surface area contributed by atoms with E-state index in [2.05, 4.69) is 58.4 Å². The van der Waals surface area contributed by atoms with Crippen molar-refractivity contribution in [1.82, 2.24) is 4.72 Å². The molecule has 138 valence electrons. The number of rotatable bonds is 9. The number of hydrogen-bond donors (Lipinski definition) is 2. The molecule has 3 N–H and O–H groups in total. The molecule has 0 spiro atoms. The van der Waals surface area contributed by atoms with Crippen LogP contribution in [0.5, 0.6) is 0 Å². The summed E-state index contributed by atoms with van der Waals surface area (Å²) < 4.78 is 28.7. The second kappa shape index (κ2) is 8.97. The zero-order valence-corrected chi connectivity index (χ0v) is 16.8. The first-order valence-corrected chi connectivity index (χ1v) is 10.5. The molecule has 0 saturated heterocycles. The van der Waals surface area contributed by atoms with Crippen molar-refractivity contribution in [2.45, 2.75) is 77.0 Å². The lowest BCUT2D eigenvalue weighted by Crippen LogP contribution is -2.28. The SMILES string of the molecule is CC(C)c1cc(C(C)C)c(S(=O)(=O)NCCCCN)c(C(C)C)c1. The zero-order chi connectivity index (χ0) is 18.5. The van der Waals surface area contributed by atoms with Gasteiger partial charge in [0.15, 0.2) is 0 Å². The maximum Gasteiger partial charge on any atom is 0.241 e. The van der Waals surface area contributed by atoms with Gasteiger partial charge in [0.05, 0.1) is 4.90 Å². The number of unbranched alkanes of at least 4 members (excludes halogenated alkanes) is 1. The monoisotopic (exact) mass is 354 g/mol. The van der Waals surface area contributed by atoms with Crippen LogP contribution in [0.25, 0.3) is 0 Å². The summed E-state index contributed by atoms with van der Waals surface area (Å²) in [4.78, 5) is 0.477. The molecule has 0 saturated carbocycles. The Balaban J connectivity index is 3.43. The number of sulfonamides is 1. The minimum atomic E-state index is -3.53. The minimum Gasteiger partial charge on any atom is -0.330 e. The van der Waals surface area contributed by atoms with Gasteiger partial charge in [0.2, 0.25) is 10.0 Å². The van der Waals surface area contributed by atoms with E-state index in [1.165, 1.54) is 5.56 Å². The molecule has 0 heterocycles. The Kier molecular flexibility index (Phi) is 7.90.